The van der Waals surface area contributed by atoms with Crippen LogP contribution in [-0.4, -0.2) is 18.0 Å². The molecular weight excluding hydrogens is 248 g/mol. The van der Waals surface area contributed by atoms with Gasteiger partial charge < -0.3 is 11.1 Å². The number of benzene rings is 1. The molecule has 1 aromatic carbocycles. The van der Waals surface area contributed by atoms with Crippen molar-refractivity contribution in [3.05, 3.63) is 35.9 Å². The molecule has 1 amide bonds. The van der Waals surface area contributed by atoms with Gasteiger partial charge in [-0.2, -0.15) is 0 Å². The lowest BCUT2D eigenvalue weighted by Gasteiger charge is -2.27. The van der Waals surface area contributed by atoms with Gasteiger partial charge in [0.2, 0.25) is 5.91 Å². The molecule has 0 aromatic heterocycles. The highest BCUT2D eigenvalue weighted by Crippen LogP contribution is 2.22. The van der Waals surface area contributed by atoms with E-state index in [1.54, 1.807) is 0 Å². The van der Waals surface area contributed by atoms with Gasteiger partial charge in [-0.1, -0.05) is 62.9 Å². The van der Waals surface area contributed by atoms with E-state index in [0.29, 0.717) is 6.04 Å². The molecule has 3 nitrogen and oxygen atoms in total. The van der Waals surface area contributed by atoms with Crippen molar-refractivity contribution in [2.75, 3.05) is 0 Å². The fourth-order valence-electron chi connectivity index (χ4n) is 3.12. The third kappa shape index (κ3) is 4.07. The first kappa shape index (κ1) is 15.0. The van der Waals surface area contributed by atoms with Crippen LogP contribution in [0.2, 0.25) is 0 Å². The van der Waals surface area contributed by atoms with E-state index in [1.807, 2.05) is 18.2 Å². The van der Waals surface area contributed by atoms with Crippen LogP contribution >= 0.6 is 0 Å². The Hall–Kier alpha value is -1.35. The van der Waals surface area contributed by atoms with Crippen LogP contribution in [0.5, 0.6) is 0 Å². The molecule has 0 heterocycles. The minimum absolute atomic E-state index is 0.108. The second kappa shape index (κ2) is 7.44. The monoisotopic (exact) mass is 274 g/mol. The van der Waals surface area contributed by atoms with Crippen LogP contribution in [0.25, 0.3) is 0 Å². The Balaban J connectivity index is 2.04. The maximum absolute atomic E-state index is 11.8. The normalized spacial score (nSPS) is 20.1. The Morgan fingerprint density at radius 1 is 1.15 bits per heavy atom. The summed E-state index contributed by atoms with van der Waals surface area (Å²) in [6.07, 6.45) is 7.45. The van der Waals surface area contributed by atoms with E-state index >= 15 is 0 Å². The SMILES string of the molecule is CC(c1ccccc1)C(NC1CCCCCC1)C(N)=O. The first-order valence-corrected chi connectivity index (χ1v) is 7.79. The molecule has 0 bridgehead atoms. The second-order valence-corrected chi connectivity index (χ2v) is 5.93. The minimum atomic E-state index is -0.277. The number of carbonyl (C=O) groups excluding carboxylic acids is 1. The molecule has 1 aliphatic carbocycles. The zero-order valence-electron chi connectivity index (χ0n) is 12.3. The summed E-state index contributed by atoms with van der Waals surface area (Å²) in [6, 6.07) is 10.3. The van der Waals surface area contributed by atoms with Gasteiger partial charge in [0, 0.05) is 12.0 Å². The van der Waals surface area contributed by atoms with Crippen LogP contribution in [-0.2, 0) is 4.79 Å². The van der Waals surface area contributed by atoms with E-state index in [9.17, 15) is 4.79 Å². The van der Waals surface area contributed by atoms with Gasteiger partial charge >= 0.3 is 0 Å². The van der Waals surface area contributed by atoms with Crippen LogP contribution < -0.4 is 11.1 Å². The molecule has 0 radical (unpaired) electrons. The maximum atomic E-state index is 11.8. The largest absolute Gasteiger partial charge is 0.368 e. The molecule has 3 heteroatoms. The van der Waals surface area contributed by atoms with E-state index in [0.717, 1.165) is 18.4 Å². The molecule has 2 unspecified atom stereocenters. The van der Waals surface area contributed by atoms with Crippen molar-refractivity contribution < 1.29 is 4.79 Å². The number of amides is 1. The zero-order chi connectivity index (χ0) is 14.4. The summed E-state index contributed by atoms with van der Waals surface area (Å²) in [6.45, 7) is 2.08. The lowest BCUT2D eigenvalue weighted by molar-refractivity contribution is -0.120. The fourth-order valence-corrected chi connectivity index (χ4v) is 3.12. The van der Waals surface area contributed by atoms with Gasteiger partial charge in [0.1, 0.15) is 0 Å². The second-order valence-electron chi connectivity index (χ2n) is 5.93. The summed E-state index contributed by atoms with van der Waals surface area (Å²) >= 11 is 0. The van der Waals surface area contributed by atoms with E-state index in [1.165, 1.54) is 25.7 Å². The molecule has 0 saturated heterocycles. The predicted octanol–water partition coefficient (Wildman–Crippen LogP) is 2.96. The Bertz CT molecular complexity index is 410. The number of primary amides is 1. The van der Waals surface area contributed by atoms with Gasteiger partial charge in [0.15, 0.2) is 0 Å². The standard InChI is InChI=1S/C17H26N2O/c1-13(14-9-5-4-6-10-14)16(17(18)20)19-15-11-7-2-3-8-12-15/h4-6,9-10,13,15-16,19H,2-3,7-8,11-12H2,1H3,(H2,18,20). The van der Waals surface area contributed by atoms with Crippen LogP contribution in [0.15, 0.2) is 30.3 Å². The molecular formula is C17H26N2O. The van der Waals surface area contributed by atoms with Gasteiger partial charge in [-0.3, -0.25) is 4.79 Å². The third-order valence-electron chi connectivity index (χ3n) is 4.40. The van der Waals surface area contributed by atoms with Crippen LogP contribution in [0.4, 0.5) is 0 Å². The highest BCUT2D eigenvalue weighted by atomic mass is 16.1. The van der Waals surface area contributed by atoms with Crippen LogP contribution in [0, 0.1) is 0 Å². The summed E-state index contributed by atoms with van der Waals surface area (Å²) < 4.78 is 0. The van der Waals surface area contributed by atoms with Gasteiger partial charge in [-0.15, -0.1) is 0 Å². The predicted molar refractivity (Wildman–Crippen MR) is 82.5 cm³/mol. The molecule has 2 rings (SSSR count). The summed E-state index contributed by atoms with van der Waals surface area (Å²) in [5.41, 5.74) is 6.79. The summed E-state index contributed by atoms with van der Waals surface area (Å²) in [7, 11) is 0. The third-order valence-corrected chi connectivity index (χ3v) is 4.40. The van der Waals surface area contributed by atoms with Crippen molar-refractivity contribution in [3.63, 3.8) is 0 Å². The summed E-state index contributed by atoms with van der Waals surface area (Å²) in [4.78, 5) is 11.8. The van der Waals surface area contributed by atoms with Gasteiger partial charge in [0.25, 0.3) is 0 Å². The highest BCUT2D eigenvalue weighted by Gasteiger charge is 2.27. The average Bonchev–Trinajstić information content (AvgIpc) is 2.73. The van der Waals surface area contributed by atoms with Gasteiger partial charge in [0.05, 0.1) is 6.04 Å². The molecule has 1 aromatic rings. The number of rotatable bonds is 5. The van der Waals surface area contributed by atoms with Crippen molar-refractivity contribution in [2.24, 2.45) is 5.73 Å². The Kier molecular flexibility index (Phi) is 5.60. The van der Waals surface area contributed by atoms with Crippen molar-refractivity contribution in [1.82, 2.24) is 5.32 Å². The van der Waals surface area contributed by atoms with Crippen LogP contribution in [0.1, 0.15) is 56.9 Å². The fraction of sp³-hybridized carbons (Fsp3) is 0.588. The number of hydrogen-bond acceptors (Lipinski definition) is 2. The van der Waals surface area contributed by atoms with Crippen molar-refractivity contribution >= 4 is 5.91 Å². The number of nitrogens with one attached hydrogen (secondary N) is 1. The number of nitrogens with two attached hydrogens (primary N) is 1. The minimum Gasteiger partial charge on any atom is -0.368 e. The lowest BCUT2D eigenvalue weighted by atomic mass is 9.91. The van der Waals surface area contributed by atoms with Crippen molar-refractivity contribution in [1.29, 1.82) is 0 Å². The quantitative estimate of drug-likeness (QED) is 0.811. The number of carbonyl (C=O) groups is 1. The first-order valence-electron chi connectivity index (χ1n) is 7.79. The summed E-state index contributed by atoms with van der Waals surface area (Å²) in [5, 5.41) is 3.52. The first-order chi connectivity index (χ1) is 9.68. The molecule has 110 valence electrons. The molecule has 1 fully saturated rings. The Morgan fingerprint density at radius 2 is 1.75 bits per heavy atom. The topological polar surface area (TPSA) is 55.1 Å². The number of hydrogen-bond donors (Lipinski definition) is 2. The van der Waals surface area contributed by atoms with Crippen molar-refractivity contribution in [3.8, 4) is 0 Å². The molecule has 0 aliphatic heterocycles. The highest BCUT2D eigenvalue weighted by molar-refractivity contribution is 5.81. The van der Waals surface area contributed by atoms with E-state index in [2.05, 4.69) is 24.4 Å². The molecule has 2 atom stereocenters. The van der Waals surface area contributed by atoms with Crippen molar-refractivity contribution in [2.45, 2.75) is 63.5 Å². The average molecular weight is 274 g/mol. The molecule has 1 saturated carbocycles. The van der Waals surface area contributed by atoms with E-state index < -0.39 is 0 Å². The van der Waals surface area contributed by atoms with Crippen LogP contribution in [0.3, 0.4) is 0 Å². The molecule has 20 heavy (non-hydrogen) atoms. The molecule has 0 spiro atoms. The lowest BCUT2D eigenvalue weighted by Crippen LogP contribution is -2.49. The van der Waals surface area contributed by atoms with E-state index in [4.69, 9.17) is 5.73 Å². The summed E-state index contributed by atoms with van der Waals surface area (Å²) in [5.74, 6) is -0.137. The Labute approximate surface area is 121 Å². The Morgan fingerprint density at radius 3 is 2.30 bits per heavy atom. The maximum Gasteiger partial charge on any atom is 0.235 e. The zero-order valence-corrected chi connectivity index (χ0v) is 12.3. The van der Waals surface area contributed by atoms with Gasteiger partial charge in [-0.25, -0.2) is 0 Å². The smallest absolute Gasteiger partial charge is 0.235 e. The molecule has 1 aliphatic rings. The van der Waals surface area contributed by atoms with E-state index in [-0.39, 0.29) is 17.9 Å². The van der Waals surface area contributed by atoms with Gasteiger partial charge in [-0.05, 0) is 18.4 Å². The molecule has 3 N–H and O–H groups in total.